The summed E-state index contributed by atoms with van der Waals surface area (Å²) in [6.07, 6.45) is 6.66. The first-order chi connectivity index (χ1) is 15.3. The molecule has 7 heteroatoms. The summed E-state index contributed by atoms with van der Waals surface area (Å²) in [5, 5.41) is 21.3. The highest BCUT2D eigenvalue weighted by atomic mass is 32.2. The van der Waals surface area contributed by atoms with Crippen LogP contribution in [0.5, 0.6) is 0 Å². The first kappa shape index (κ1) is 23.5. The molecule has 1 saturated carbocycles. The largest absolute Gasteiger partial charge is 0.340 e. The Morgan fingerprint density at radius 1 is 1.06 bits per heavy atom. The highest BCUT2D eigenvalue weighted by Gasteiger charge is 2.23. The lowest BCUT2D eigenvalue weighted by molar-refractivity contribution is -0.126. The van der Waals surface area contributed by atoms with Crippen molar-refractivity contribution < 1.29 is 13.2 Å². The highest BCUT2D eigenvalue weighted by Crippen LogP contribution is 2.27. The van der Waals surface area contributed by atoms with Gasteiger partial charge in [-0.25, -0.2) is 8.42 Å². The fourth-order valence-corrected chi connectivity index (χ4v) is 5.12. The van der Waals surface area contributed by atoms with Crippen LogP contribution in [0.1, 0.15) is 43.2 Å². The van der Waals surface area contributed by atoms with E-state index in [4.69, 9.17) is 5.26 Å². The van der Waals surface area contributed by atoms with Crippen LogP contribution in [0.4, 0.5) is 0 Å². The quantitative estimate of drug-likeness (QED) is 0.688. The molecule has 1 aliphatic rings. The molecule has 0 unspecified atom stereocenters. The summed E-state index contributed by atoms with van der Waals surface area (Å²) >= 11 is 0. The van der Waals surface area contributed by atoms with Gasteiger partial charge in [-0.15, -0.1) is 0 Å². The molecule has 1 fully saturated rings. The number of nitriles is 2. The number of carbonyl (C=O) groups excluding carboxylic acids is 1. The van der Waals surface area contributed by atoms with Crippen LogP contribution in [0.25, 0.3) is 11.1 Å². The van der Waals surface area contributed by atoms with Crippen LogP contribution >= 0.6 is 0 Å². The third-order valence-corrected chi connectivity index (χ3v) is 7.09. The lowest BCUT2D eigenvalue weighted by Gasteiger charge is -2.22. The van der Waals surface area contributed by atoms with Gasteiger partial charge in [-0.2, -0.15) is 10.5 Å². The van der Waals surface area contributed by atoms with E-state index >= 15 is 0 Å². The molecule has 32 heavy (non-hydrogen) atoms. The summed E-state index contributed by atoms with van der Waals surface area (Å²) in [7, 11) is -3.46. The van der Waals surface area contributed by atoms with Crippen molar-refractivity contribution in [2.75, 3.05) is 6.26 Å². The van der Waals surface area contributed by atoms with Gasteiger partial charge in [0.15, 0.2) is 9.84 Å². The second kappa shape index (κ2) is 10.4. The van der Waals surface area contributed by atoms with Gasteiger partial charge in [-0.1, -0.05) is 55.7 Å². The average molecular weight is 450 g/mol. The zero-order valence-electron chi connectivity index (χ0n) is 18.2. The van der Waals surface area contributed by atoms with Crippen LogP contribution in [0.15, 0.2) is 47.4 Å². The van der Waals surface area contributed by atoms with E-state index in [2.05, 4.69) is 11.4 Å². The average Bonchev–Trinajstić information content (AvgIpc) is 2.79. The molecule has 6 nitrogen and oxygen atoms in total. The molecule has 0 radical (unpaired) electrons. The maximum absolute atomic E-state index is 12.5. The number of nitrogens with one attached hydrogen (secondary N) is 1. The lowest BCUT2D eigenvalue weighted by atomic mass is 9.88. The Kier molecular flexibility index (Phi) is 7.66. The van der Waals surface area contributed by atoms with Crippen molar-refractivity contribution in [3.63, 3.8) is 0 Å². The first-order valence-electron chi connectivity index (χ1n) is 10.8. The van der Waals surface area contributed by atoms with Gasteiger partial charge in [0.2, 0.25) is 5.91 Å². The second-order valence-corrected chi connectivity index (χ2v) is 10.3. The van der Waals surface area contributed by atoms with E-state index in [0.29, 0.717) is 12.0 Å². The maximum atomic E-state index is 12.5. The monoisotopic (exact) mass is 449 g/mol. The third-order valence-electron chi connectivity index (χ3n) is 5.91. The molecule has 0 aromatic heterocycles. The maximum Gasteiger partial charge on any atom is 0.224 e. The highest BCUT2D eigenvalue weighted by molar-refractivity contribution is 7.90. The SMILES string of the molecule is CS(=O)(=O)c1cc(-c2ccc(C[C@@H](C#N)NC(=O)C3CCCCC3)cc2)ccc1CC#N. The van der Waals surface area contributed by atoms with Crippen LogP contribution in [-0.2, 0) is 27.5 Å². The standard InChI is InChI=1S/C25H27N3O3S/c1-32(30,31)24-16-22(12-11-20(24)13-14-26)19-9-7-18(8-10-19)15-23(17-27)28-25(29)21-5-3-2-4-6-21/h7-12,16,21,23H,2-6,13,15H2,1H3,(H,28,29)/t23-/m0/s1. The Labute approximate surface area is 189 Å². The second-order valence-electron chi connectivity index (χ2n) is 8.36. The van der Waals surface area contributed by atoms with Gasteiger partial charge in [0.1, 0.15) is 6.04 Å². The van der Waals surface area contributed by atoms with Crippen molar-refractivity contribution in [1.29, 1.82) is 10.5 Å². The summed E-state index contributed by atoms with van der Waals surface area (Å²) in [5.41, 5.74) is 2.97. The molecule has 2 aromatic rings. The van der Waals surface area contributed by atoms with E-state index in [9.17, 15) is 18.5 Å². The molecule has 1 N–H and O–H groups in total. The van der Waals surface area contributed by atoms with Gasteiger partial charge in [-0.3, -0.25) is 4.79 Å². The fourth-order valence-electron chi connectivity index (χ4n) is 4.16. The van der Waals surface area contributed by atoms with Crippen LogP contribution < -0.4 is 5.32 Å². The normalized spacial score (nSPS) is 15.3. The lowest BCUT2D eigenvalue weighted by Crippen LogP contribution is -2.40. The van der Waals surface area contributed by atoms with E-state index in [0.717, 1.165) is 48.6 Å². The van der Waals surface area contributed by atoms with Crippen molar-refractivity contribution in [2.24, 2.45) is 5.92 Å². The zero-order chi connectivity index (χ0) is 23.1. The molecule has 2 aromatic carbocycles. The number of hydrogen-bond donors (Lipinski definition) is 1. The Morgan fingerprint density at radius 2 is 1.72 bits per heavy atom. The predicted molar refractivity (Wildman–Crippen MR) is 122 cm³/mol. The molecule has 1 atom stereocenters. The Balaban J connectivity index is 1.72. The molecule has 1 amide bonds. The van der Waals surface area contributed by atoms with Crippen molar-refractivity contribution in [1.82, 2.24) is 5.32 Å². The molecule has 0 bridgehead atoms. The van der Waals surface area contributed by atoms with Crippen LogP contribution in [-0.4, -0.2) is 26.6 Å². The van der Waals surface area contributed by atoms with Gasteiger partial charge in [0.25, 0.3) is 0 Å². The number of rotatable bonds is 7. The fraction of sp³-hybridized carbons (Fsp3) is 0.400. The van der Waals surface area contributed by atoms with Crippen molar-refractivity contribution in [2.45, 2.75) is 55.9 Å². The third kappa shape index (κ3) is 5.96. The van der Waals surface area contributed by atoms with Gasteiger partial charge in [0, 0.05) is 18.6 Å². The molecular weight excluding hydrogens is 422 g/mol. The van der Waals surface area contributed by atoms with Crippen LogP contribution in [0.2, 0.25) is 0 Å². The van der Waals surface area contributed by atoms with E-state index < -0.39 is 15.9 Å². The summed E-state index contributed by atoms with van der Waals surface area (Å²) < 4.78 is 24.3. The molecule has 1 aliphatic carbocycles. The molecule has 0 saturated heterocycles. The number of hydrogen-bond acceptors (Lipinski definition) is 5. The number of sulfone groups is 1. The minimum Gasteiger partial charge on any atom is -0.340 e. The van der Waals surface area contributed by atoms with Crippen molar-refractivity contribution in [3.05, 3.63) is 53.6 Å². The summed E-state index contributed by atoms with van der Waals surface area (Å²) in [4.78, 5) is 12.6. The topological polar surface area (TPSA) is 111 Å². The van der Waals surface area contributed by atoms with E-state index in [1.54, 1.807) is 18.2 Å². The number of carbonyl (C=O) groups is 1. The minimum absolute atomic E-state index is 0.00928. The van der Waals surface area contributed by atoms with Crippen LogP contribution in [0.3, 0.4) is 0 Å². The van der Waals surface area contributed by atoms with E-state index in [1.165, 1.54) is 6.42 Å². The summed E-state index contributed by atoms with van der Waals surface area (Å²) in [6, 6.07) is 16.2. The molecular formula is C25H27N3O3S. The number of amides is 1. The number of benzene rings is 2. The molecule has 166 valence electrons. The molecule has 0 aliphatic heterocycles. The number of nitrogens with zero attached hydrogens (tertiary/aromatic N) is 2. The molecule has 0 heterocycles. The Morgan fingerprint density at radius 3 is 2.31 bits per heavy atom. The van der Waals surface area contributed by atoms with Crippen molar-refractivity contribution in [3.8, 4) is 23.3 Å². The molecule has 0 spiro atoms. The van der Waals surface area contributed by atoms with Crippen molar-refractivity contribution >= 4 is 15.7 Å². The summed E-state index contributed by atoms with van der Waals surface area (Å²) in [5.74, 6) is -0.0198. The first-order valence-corrected chi connectivity index (χ1v) is 12.7. The minimum atomic E-state index is -3.46. The van der Waals surface area contributed by atoms with Gasteiger partial charge >= 0.3 is 0 Å². The van der Waals surface area contributed by atoms with Gasteiger partial charge in [0.05, 0.1) is 23.5 Å². The smallest absolute Gasteiger partial charge is 0.224 e. The Bertz CT molecular complexity index is 1150. The zero-order valence-corrected chi connectivity index (χ0v) is 19.0. The van der Waals surface area contributed by atoms with Crippen LogP contribution in [0, 0.1) is 28.6 Å². The van der Waals surface area contributed by atoms with Gasteiger partial charge in [-0.05, 0) is 41.2 Å². The van der Waals surface area contributed by atoms with Gasteiger partial charge < -0.3 is 5.32 Å². The van der Waals surface area contributed by atoms with E-state index in [1.807, 2.05) is 30.3 Å². The van der Waals surface area contributed by atoms with E-state index in [-0.39, 0.29) is 23.1 Å². The summed E-state index contributed by atoms with van der Waals surface area (Å²) in [6.45, 7) is 0. The molecule has 3 rings (SSSR count). The predicted octanol–water partition coefficient (Wildman–Crippen LogP) is 3.95. The Hall–Kier alpha value is -3.16.